The number of nitrogens with zero attached hydrogens (tertiary/aromatic N) is 1. The van der Waals surface area contributed by atoms with Gasteiger partial charge in [0.2, 0.25) is 0 Å². The molecule has 16 heavy (non-hydrogen) atoms. The molecule has 1 aliphatic heterocycles. The van der Waals surface area contributed by atoms with E-state index in [1.807, 2.05) is 0 Å². The molecule has 4 heteroatoms. The lowest BCUT2D eigenvalue weighted by Gasteiger charge is -2.34. The summed E-state index contributed by atoms with van der Waals surface area (Å²) in [5.41, 5.74) is 0. The van der Waals surface area contributed by atoms with Crippen molar-refractivity contribution in [3.8, 4) is 0 Å². The Balaban J connectivity index is 2.19. The second-order valence-corrected chi connectivity index (χ2v) is 4.83. The van der Waals surface area contributed by atoms with Crippen molar-refractivity contribution in [1.29, 1.82) is 0 Å². The van der Waals surface area contributed by atoms with E-state index in [-0.39, 0.29) is 0 Å². The summed E-state index contributed by atoms with van der Waals surface area (Å²) in [6.07, 6.45) is 4.92. The zero-order valence-electron chi connectivity index (χ0n) is 10.5. The van der Waals surface area contributed by atoms with E-state index in [0.717, 1.165) is 43.7 Å². The van der Waals surface area contributed by atoms with E-state index >= 15 is 0 Å². The molecule has 0 spiro atoms. The number of hydrogen-bond acceptors (Lipinski definition) is 2. The van der Waals surface area contributed by atoms with Crippen LogP contribution in [0.1, 0.15) is 32.6 Å². The largest absolute Gasteiger partial charge is 0.385 e. The zero-order chi connectivity index (χ0) is 11.8. The van der Waals surface area contributed by atoms with E-state index < -0.39 is 0 Å². The molecule has 0 aromatic rings. The van der Waals surface area contributed by atoms with Gasteiger partial charge in [-0.25, -0.2) is 0 Å². The van der Waals surface area contributed by atoms with Crippen LogP contribution < -0.4 is 5.32 Å². The van der Waals surface area contributed by atoms with Crippen LogP contribution in [0.3, 0.4) is 0 Å². The third kappa shape index (κ3) is 4.66. The van der Waals surface area contributed by atoms with Crippen molar-refractivity contribution >= 4 is 17.3 Å². The maximum Gasteiger partial charge on any atom is 0.168 e. The van der Waals surface area contributed by atoms with Gasteiger partial charge in [0, 0.05) is 33.4 Å². The monoisotopic (exact) mass is 244 g/mol. The SMILES string of the molecule is CCC1CCCN(C(=S)NCCCOC)C1. The first-order valence-corrected chi connectivity index (χ1v) is 6.70. The number of nitrogens with one attached hydrogen (secondary N) is 1. The van der Waals surface area contributed by atoms with Gasteiger partial charge in [0.1, 0.15) is 0 Å². The topological polar surface area (TPSA) is 24.5 Å². The Morgan fingerprint density at radius 1 is 1.56 bits per heavy atom. The van der Waals surface area contributed by atoms with Gasteiger partial charge >= 0.3 is 0 Å². The highest BCUT2D eigenvalue weighted by Crippen LogP contribution is 2.18. The highest BCUT2D eigenvalue weighted by molar-refractivity contribution is 7.80. The number of likely N-dealkylation sites (tertiary alicyclic amines) is 1. The lowest BCUT2D eigenvalue weighted by atomic mass is 9.96. The number of rotatable bonds is 5. The molecule has 1 heterocycles. The second kappa shape index (κ2) is 7.85. The Hall–Kier alpha value is -0.350. The molecule has 1 aliphatic rings. The fraction of sp³-hybridized carbons (Fsp3) is 0.917. The maximum absolute atomic E-state index is 5.40. The van der Waals surface area contributed by atoms with Crippen molar-refractivity contribution < 1.29 is 4.74 Å². The molecule has 0 aromatic heterocycles. The van der Waals surface area contributed by atoms with Crippen LogP contribution in [0.15, 0.2) is 0 Å². The van der Waals surface area contributed by atoms with Crippen LogP contribution in [0.25, 0.3) is 0 Å². The number of thiocarbonyl (C=S) groups is 1. The van der Waals surface area contributed by atoms with Gasteiger partial charge in [0.05, 0.1) is 0 Å². The third-order valence-corrected chi connectivity index (χ3v) is 3.59. The van der Waals surface area contributed by atoms with Crippen molar-refractivity contribution in [3.63, 3.8) is 0 Å². The van der Waals surface area contributed by atoms with Crippen LogP contribution >= 0.6 is 12.2 Å². The average molecular weight is 244 g/mol. The molecule has 1 unspecified atom stereocenters. The summed E-state index contributed by atoms with van der Waals surface area (Å²) in [6, 6.07) is 0. The number of methoxy groups -OCH3 is 1. The normalized spacial score (nSPS) is 20.9. The summed E-state index contributed by atoms with van der Waals surface area (Å²) >= 11 is 5.40. The van der Waals surface area contributed by atoms with Gasteiger partial charge in [-0.3, -0.25) is 0 Å². The van der Waals surface area contributed by atoms with E-state index in [0.29, 0.717) is 0 Å². The van der Waals surface area contributed by atoms with E-state index in [1.54, 1.807) is 7.11 Å². The van der Waals surface area contributed by atoms with Crippen molar-refractivity contribution in [2.24, 2.45) is 5.92 Å². The van der Waals surface area contributed by atoms with Crippen molar-refractivity contribution in [2.45, 2.75) is 32.6 Å². The molecule has 3 nitrogen and oxygen atoms in total. The smallest absolute Gasteiger partial charge is 0.168 e. The van der Waals surface area contributed by atoms with E-state index in [2.05, 4.69) is 17.1 Å². The van der Waals surface area contributed by atoms with Crippen LogP contribution in [0, 0.1) is 5.92 Å². The highest BCUT2D eigenvalue weighted by atomic mass is 32.1. The van der Waals surface area contributed by atoms with Gasteiger partial charge in [-0.05, 0) is 37.4 Å². The molecule has 1 atom stereocenters. The van der Waals surface area contributed by atoms with Crippen LogP contribution in [0.4, 0.5) is 0 Å². The quantitative estimate of drug-likeness (QED) is 0.591. The molecule has 1 saturated heterocycles. The Labute approximate surface area is 105 Å². The minimum Gasteiger partial charge on any atom is -0.385 e. The van der Waals surface area contributed by atoms with Crippen LogP contribution in [0.5, 0.6) is 0 Å². The Morgan fingerprint density at radius 2 is 2.38 bits per heavy atom. The number of hydrogen-bond donors (Lipinski definition) is 1. The lowest BCUT2D eigenvalue weighted by Crippen LogP contribution is -2.45. The Kier molecular flexibility index (Phi) is 6.73. The molecule has 0 aromatic carbocycles. The molecular formula is C12H24N2OS. The lowest BCUT2D eigenvalue weighted by molar-refractivity contribution is 0.195. The minimum atomic E-state index is 0.799. The van der Waals surface area contributed by atoms with Gasteiger partial charge < -0.3 is 15.0 Å². The highest BCUT2D eigenvalue weighted by Gasteiger charge is 2.19. The zero-order valence-corrected chi connectivity index (χ0v) is 11.3. The van der Waals surface area contributed by atoms with Gasteiger partial charge in [0.25, 0.3) is 0 Å². The summed E-state index contributed by atoms with van der Waals surface area (Å²) in [5, 5.41) is 4.23. The first-order valence-electron chi connectivity index (χ1n) is 6.29. The maximum atomic E-state index is 5.40. The van der Waals surface area contributed by atoms with Gasteiger partial charge in [-0.1, -0.05) is 13.3 Å². The second-order valence-electron chi connectivity index (χ2n) is 4.44. The first kappa shape index (κ1) is 13.7. The van der Waals surface area contributed by atoms with Gasteiger partial charge in [0.15, 0.2) is 5.11 Å². The summed E-state index contributed by atoms with van der Waals surface area (Å²) in [7, 11) is 1.73. The number of piperidine rings is 1. The minimum absolute atomic E-state index is 0.799. The fourth-order valence-electron chi connectivity index (χ4n) is 2.11. The first-order chi connectivity index (χ1) is 7.77. The molecule has 1 N–H and O–H groups in total. The summed E-state index contributed by atoms with van der Waals surface area (Å²) < 4.78 is 5.01. The molecular weight excluding hydrogens is 220 g/mol. The predicted molar refractivity (Wildman–Crippen MR) is 71.7 cm³/mol. The van der Waals surface area contributed by atoms with E-state index in [4.69, 9.17) is 17.0 Å². The van der Waals surface area contributed by atoms with Crippen LogP contribution in [-0.4, -0.2) is 43.4 Å². The molecule has 94 valence electrons. The molecule has 0 amide bonds. The molecule has 0 radical (unpaired) electrons. The third-order valence-electron chi connectivity index (χ3n) is 3.19. The molecule has 0 saturated carbocycles. The Morgan fingerprint density at radius 3 is 3.06 bits per heavy atom. The standard InChI is InChI=1S/C12H24N2OS/c1-3-11-6-4-8-14(10-11)12(16)13-7-5-9-15-2/h11H,3-10H2,1-2H3,(H,13,16). The van der Waals surface area contributed by atoms with E-state index in [1.165, 1.54) is 19.3 Å². The molecule has 1 rings (SSSR count). The van der Waals surface area contributed by atoms with Crippen molar-refractivity contribution in [3.05, 3.63) is 0 Å². The predicted octanol–water partition coefficient (Wildman–Crippen LogP) is 2.02. The Bertz CT molecular complexity index is 211. The van der Waals surface area contributed by atoms with Crippen molar-refractivity contribution in [1.82, 2.24) is 10.2 Å². The van der Waals surface area contributed by atoms with Crippen LogP contribution in [0.2, 0.25) is 0 Å². The summed E-state index contributed by atoms with van der Waals surface area (Å²) in [6.45, 7) is 6.23. The summed E-state index contributed by atoms with van der Waals surface area (Å²) in [4.78, 5) is 2.32. The summed E-state index contributed by atoms with van der Waals surface area (Å²) in [5.74, 6) is 0.826. The van der Waals surface area contributed by atoms with Crippen molar-refractivity contribution in [2.75, 3.05) is 33.4 Å². The molecule has 1 fully saturated rings. The average Bonchev–Trinajstić information content (AvgIpc) is 2.34. The van der Waals surface area contributed by atoms with Gasteiger partial charge in [-0.2, -0.15) is 0 Å². The number of ether oxygens (including phenoxy) is 1. The molecule has 0 bridgehead atoms. The van der Waals surface area contributed by atoms with Gasteiger partial charge in [-0.15, -0.1) is 0 Å². The van der Waals surface area contributed by atoms with Crippen LogP contribution in [-0.2, 0) is 4.74 Å². The fourth-order valence-corrected chi connectivity index (χ4v) is 2.37. The van der Waals surface area contributed by atoms with E-state index in [9.17, 15) is 0 Å². The molecule has 0 aliphatic carbocycles.